The molecule has 4 rings (SSSR count). The Kier molecular flexibility index (Phi) is 3.40. The van der Waals surface area contributed by atoms with Crippen LogP contribution in [0.1, 0.15) is 47.4 Å². The molecule has 1 aliphatic heterocycles. The molecule has 0 radical (unpaired) electrons. The molecule has 2 aromatic rings. The van der Waals surface area contributed by atoms with Crippen molar-refractivity contribution >= 4 is 5.91 Å². The summed E-state index contributed by atoms with van der Waals surface area (Å²) in [6, 6.07) is 0.635. The van der Waals surface area contributed by atoms with Gasteiger partial charge in [-0.05, 0) is 25.7 Å². The highest BCUT2D eigenvalue weighted by Crippen LogP contribution is 2.41. The third kappa shape index (κ3) is 2.78. The molecule has 0 unspecified atom stereocenters. The molecule has 1 saturated carbocycles. The van der Waals surface area contributed by atoms with E-state index in [1.54, 1.807) is 17.8 Å². The Labute approximate surface area is 136 Å². The highest BCUT2D eigenvalue weighted by atomic mass is 19.3. The van der Waals surface area contributed by atoms with Gasteiger partial charge in [0.1, 0.15) is 12.1 Å². The normalized spacial score (nSPS) is 23.0. The Morgan fingerprint density at radius 1 is 1.46 bits per heavy atom. The number of hydrogen-bond acceptors (Lipinski definition) is 5. The minimum absolute atomic E-state index is 0.0310. The summed E-state index contributed by atoms with van der Waals surface area (Å²) in [5.74, 6) is -2.13. The molecule has 1 atom stereocenters. The van der Waals surface area contributed by atoms with Crippen LogP contribution in [0.3, 0.4) is 0 Å². The average Bonchev–Trinajstić information content (AvgIpc) is 2.92. The van der Waals surface area contributed by atoms with Gasteiger partial charge in [-0.3, -0.25) is 4.79 Å². The molecule has 0 aromatic carbocycles. The van der Waals surface area contributed by atoms with Crippen LogP contribution in [0.5, 0.6) is 0 Å². The number of likely N-dealkylation sites (tertiary alicyclic amines) is 1. The molecule has 1 aliphatic carbocycles. The zero-order valence-corrected chi connectivity index (χ0v) is 13.2. The molecule has 1 saturated heterocycles. The summed E-state index contributed by atoms with van der Waals surface area (Å²) in [5, 5.41) is 11.5. The van der Waals surface area contributed by atoms with Crippen LogP contribution in [0, 0.1) is 12.8 Å². The summed E-state index contributed by atoms with van der Waals surface area (Å²) in [7, 11) is 0. The molecular weight excluding hydrogens is 320 g/mol. The summed E-state index contributed by atoms with van der Waals surface area (Å²) in [6.07, 6.45) is 3.34. The first-order chi connectivity index (χ1) is 11.4. The van der Waals surface area contributed by atoms with E-state index in [0.717, 1.165) is 17.7 Å². The summed E-state index contributed by atoms with van der Waals surface area (Å²) in [5.41, 5.74) is 0.0310. The van der Waals surface area contributed by atoms with Crippen LogP contribution in [-0.4, -0.2) is 43.2 Å². The van der Waals surface area contributed by atoms with E-state index >= 15 is 0 Å². The predicted octanol–water partition coefficient (Wildman–Crippen LogP) is 2.21. The molecule has 128 valence electrons. The van der Waals surface area contributed by atoms with E-state index in [1.807, 2.05) is 0 Å². The van der Waals surface area contributed by atoms with E-state index in [-0.39, 0.29) is 5.69 Å². The molecule has 3 heterocycles. The lowest BCUT2D eigenvalue weighted by molar-refractivity contribution is 0.0116. The summed E-state index contributed by atoms with van der Waals surface area (Å²) in [6.45, 7) is 1.69. The van der Waals surface area contributed by atoms with Crippen LogP contribution in [0.2, 0.25) is 0 Å². The first-order valence-corrected chi connectivity index (χ1v) is 7.93. The van der Waals surface area contributed by atoms with Crippen molar-refractivity contribution in [3.05, 3.63) is 29.7 Å². The van der Waals surface area contributed by atoms with Gasteiger partial charge >= 0.3 is 0 Å². The molecule has 0 bridgehead atoms. The number of hydrogen-bond donors (Lipinski definition) is 0. The first-order valence-electron chi connectivity index (χ1n) is 7.93. The fourth-order valence-electron chi connectivity index (χ4n) is 3.12. The van der Waals surface area contributed by atoms with Crippen LogP contribution in [0.25, 0.3) is 0 Å². The smallest absolute Gasteiger partial charge is 0.276 e. The van der Waals surface area contributed by atoms with E-state index in [4.69, 9.17) is 4.52 Å². The second-order valence-electron chi connectivity index (χ2n) is 6.62. The average molecular weight is 337 g/mol. The second kappa shape index (κ2) is 5.35. The highest BCUT2D eigenvalue weighted by molar-refractivity contribution is 5.92. The third-order valence-electron chi connectivity index (χ3n) is 4.47. The van der Waals surface area contributed by atoms with Gasteiger partial charge in [0.2, 0.25) is 0 Å². The molecule has 1 amide bonds. The van der Waals surface area contributed by atoms with Gasteiger partial charge in [-0.1, -0.05) is 5.16 Å². The number of halogens is 2. The fraction of sp³-hybridized carbons (Fsp3) is 0.600. The SMILES string of the molecule is Cc1cc(C(=O)N2CC(F)(F)C[C@H]2c2nncn2CC2CC2)no1. The maximum atomic E-state index is 14.0. The number of aromatic nitrogens is 4. The Balaban J connectivity index is 1.64. The number of amides is 1. The van der Waals surface area contributed by atoms with Gasteiger partial charge in [-0.15, -0.1) is 10.2 Å². The summed E-state index contributed by atoms with van der Waals surface area (Å²) < 4.78 is 34.7. The number of nitrogens with zero attached hydrogens (tertiary/aromatic N) is 5. The monoisotopic (exact) mass is 337 g/mol. The molecule has 9 heteroatoms. The van der Waals surface area contributed by atoms with Gasteiger partial charge in [0.15, 0.2) is 11.5 Å². The maximum Gasteiger partial charge on any atom is 0.276 e. The van der Waals surface area contributed by atoms with Crippen LogP contribution < -0.4 is 0 Å². The maximum absolute atomic E-state index is 14.0. The van der Waals surface area contributed by atoms with Crippen molar-refractivity contribution in [2.75, 3.05) is 6.54 Å². The number of alkyl halides is 2. The predicted molar refractivity (Wildman–Crippen MR) is 77.3 cm³/mol. The minimum Gasteiger partial charge on any atom is -0.361 e. The molecule has 2 aromatic heterocycles. The second-order valence-corrected chi connectivity index (χ2v) is 6.62. The lowest BCUT2D eigenvalue weighted by Crippen LogP contribution is -2.34. The standard InChI is InChI=1S/C15H17F2N5O2/c1-9-4-11(20-24-9)14(23)22-7-15(16,17)5-12(22)13-19-18-8-21(13)6-10-2-3-10/h4,8,10,12H,2-3,5-7H2,1H3/t12-/m0/s1. The summed E-state index contributed by atoms with van der Waals surface area (Å²) in [4.78, 5) is 13.7. The lowest BCUT2D eigenvalue weighted by atomic mass is 10.1. The Hall–Kier alpha value is -2.32. The molecule has 7 nitrogen and oxygen atoms in total. The molecule has 0 spiro atoms. The Bertz CT molecular complexity index is 768. The molecule has 24 heavy (non-hydrogen) atoms. The van der Waals surface area contributed by atoms with E-state index in [9.17, 15) is 13.6 Å². The highest BCUT2D eigenvalue weighted by Gasteiger charge is 2.50. The molecule has 0 N–H and O–H groups in total. The Morgan fingerprint density at radius 2 is 2.25 bits per heavy atom. The first kappa shape index (κ1) is 15.2. The molecular formula is C15H17F2N5O2. The third-order valence-corrected chi connectivity index (χ3v) is 4.47. The lowest BCUT2D eigenvalue weighted by Gasteiger charge is -2.22. The number of aryl methyl sites for hydroxylation is 1. The van der Waals surface area contributed by atoms with Crippen LogP contribution >= 0.6 is 0 Å². The summed E-state index contributed by atoms with van der Waals surface area (Å²) >= 11 is 0. The Morgan fingerprint density at radius 3 is 2.92 bits per heavy atom. The van der Waals surface area contributed by atoms with Crippen molar-refractivity contribution in [2.45, 2.75) is 44.7 Å². The van der Waals surface area contributed by atoms with E-state index in [0.29, 0.717) is 24.0 Å². The van der Waals surface area contributed by atoms with E-state index < -0.39 is 30.8 Å². The van der Waals surface area contributed by atoms with Crippen molar-refractivity contribution in [2.24, 2.45) is 5.92 Å². The molecule has 2 fully saturated rings. The van der Waals surface area contributed by atoms with Gasteiger partial charge in [0.25, 0.3) is 11.8 Å². The van der Waals surface area contributed by atoms with Crippen molar-refractivity contribution in [1.29, 1.82) is 0 Å². The van der Waals surface area contributed by atoms with Gasteiger partial charge in [0, 0.05) is 19.0 Å². The van der Waals surface area contributed by atoms with E-state index in [1.165, 1.54) is 6.07 Å². The fourth-order valence-corrected chi connectivity index (χ4v) is 3.12. The van der Waals surface area contributed by atoms with Gasteiger partial charge < -0.3 is 14.0 Å². The van der Waals surface area contributed by atoms with Crippen molar-refractivity contribution in [3.63, 3.8) is 0 Å². The topological polar surface area (TPSA) is 77.1 Å². The van der Waals surface area contributed by atoms with Gasteiger partial charge in [-0.25, -0.2) is 8.78 Å². The van der Waals surface area contributed by atoms with E-state index in [2.05, 4.69) is 15.4 Å². The van der Waals surface area contributed by atoms with Crippen molar-refractivity contribution in [3.8, 4) is 0 Å². The molecule has 2 aliphatic rings. The zero-order valence-electron chi connectivity index (χ0n) is 13.2. The van der Waals surface area contributed by atoms with Crippen LogP contribution in [0.4, 0.5) is 8.78 Å². The van der Waals surface area contributed by atoms with Crippen molar-refractivity contribution < 1.29 is 18.1 Å². The zero-order chi connectivity index (χ0) is 16.9. The number of rotatable bonds is 4. The number of carbonyl (C=O) groups is 1. The quantitative estimate of drug-likeness (QED) is 0.855. The largest absolute Gasteiger partial charge is 0.361 e. The van der Waals surface area contributed by atoms with Gasteiger partial charge in [0.05, 0.1) is 12.6 Å². The minimum atomic E-state index is -2.96. The van der Waals surface area contributed by atoms with Crippen LogP contribution in [-0.2, 0) is 6.54 Å². The number of carbonyl (C=O) groups excluding carboxylic acids is 1. The van der Waals surface area contributed by atoms with Gasteiger partial charge in [-0.2, -0.15) is 0 Å². The van der Waals surface area contributed by atoms with Crippen molar-refractivity contribution in [1.82, 2.24) is 24.8 Å². The van der Waals surface area contributed by atoms with Crippen LogP contribution in [0.15, 0.2) is 16.9 Å².